The van der Waals surface area contributed by atoms with Crippen LogP contribution in [-0.2, 0) is 4.74 Å². The molecule has 0 spiro atoms. The van der Waals surface area contributed by atoms with Gasteiger partial charge in [-0.2, -0.15) is 5.10 Å². The maximum Gasteiger partial charge on any atom is 0.428 e. The zero-order valence-corrected chi connectivity index (χ0v) is 16.9. The van der Waals surface area contributed by atoms with E-state index in [1.807, 2.05) is 60.7 Å². The molecule has 0 saturated heterocycles. The number of carbonyl (C=O) groups is 1. The van der Waals surface area contributed by atoms with E-state index in [0.29, 0.717) is 28.2 Å². The number of amides is 1. The van der Waals surface area contributed by atoms with Crippen LogP contribution in [0.4, 0.5) is 4.79 Å². The summed E-state index contributed by atoms with van der Waals surface area (Å²) >= 11 is 0. The molecule has 3 aromatic rings. The number of nitrogens with one attached hydrogen (secondary N) is 2. The maximum atomic E-state index is 13.2. The van der Waals surface area contributed by atoms with Crippen molar-refractivity contribution in [2.45, 2.75) is 33.3 Å². The summed E-state index contributed by atoms with van der Waals surface area (Å²) in [4.78, 5) is 25.3. The van der Waals surface area contributed by atoms with E-state index in [1.165, 1.54) is 4.68 Å². The number of carbonyl (C=O) groups excluding carboxylic acids is 1. The van der Waals surface area contributed by atoms with Crippen LogP contribution in [0.15, 0.2) is 70.6 Å². The van der Waals surface area contributed by atoms with Crippen LogP contribution in [-0.4, -0.2) is 27.2 Å². The first-order valence-electron chi connectivity index (χ1n) is 9.26. The van der Waals surface area contributed by atoms with Crippen molar-refractivity contribution >= 4 is 11.8 Å². The van der Waals surface area contributed by atoms with Gasteiger partial charge in [0.2, 0.25) is 0 Å². The summed E-state index contributed by atoms with van der Waals surface area (Å²) in [6.45, 7) is 7.10. The van der Waals surface area contributed by atoms with Crippen molar-refractivity contribution in [3.8, 4) is 5.69 Å². The molecular weight excluding hydrogens is 368 g/mol. The standard InChI is InChI=1S/C22H24N4O3/c1-15-18(20(27)26(25-15)17-13-9-6-10-14-17)19(16-11-7-5-8-12-16)23-24-21(28)29-22(2,3)4/h5-14,25H,1-4H3,(H,24,28)/b23-19+. The molecule has 0 radical (unpaired) electrons. The Morgan fingerprint density at radius 1 is 1.03 bits per heavy atom. The maximum absolute atomic E-state index is 13.2. The van der Waals surface area contributed by atoms with Crippen molar-refractivity contribution in [3.05, 3.63) is 87.8 Å². The molecule has 0 bridgehead atoms. The molecule has 0 unspecified atom stereocenters. The summed E-state index contributed by atoms with van der Waals surface area (Å²) in [5.74, 6) is 0. The van der Waals surface area contributed by atoms with Crippen molar-refractivity contribution in [1.82, 2.24) is 15.2 Å². The number of aryl methyl sites for hydroxylation is 1. The first kappa shape index (κ1) is 20.1. The lowest BCUT2D eigenvalue weighted by atomic mass is 10.0. The predicted molar refractivity (Wildman–Crippen MR) is 113 cm³/mol. The van der Waals surface area contributed by atoms with Crippen LogP contribution in [0, 0.1) is 6.92 Å². The number of hydrogen-bond donors (Lipinski definition) is 2. The Labute approximate surface area is 169 Å². The number of H-pyrrole nitrogens is 1. The third kappa shape index (κ3) is 4.82. The van der Waals surface area contributed by atoms with Crippen molar-refractivity contribution in [3.63, 3.8) is 0 Å². The zero-order valence-electron chi connectivity index (χ0n) is 16.9. The van der Waals surface area contributed by atoms with E-state index >= 15 is 0 Å². The lowest BCUT2D eigenvalue weighted by Gasteiger charge is -2.18. The molecule has 3 rings (SSSR count). The van der Waals surface area contributed by atoms with Gasteiger partial charge in [0.25, 0.3) is 5.56 Å². The first-order chi connectivity index (χ1) is 13.8. The third-order valence-electron chi connectivity index (χ3n) is 4.03. The highest BCUT2D eigenvalue weighted by molar-refractivity contribution is 6.13. The summed E-state index contributed by atoms with van der Waals surface area (Å²) in [5, 5.41) is 7.32. The fourth-order valence-corrected chi connectivity index (χ4v) is 2.85. The van der Waals surface area contributed by atoms with E-state index in [9.17, 15) is 9.59 Å². The molecule has 2 N–H and O–H groups in total. The lowest BCUT2D eigenvalue weighted by molar-refractivity contribution is 0.0529. The highest BCUT2D eigenvalue weighted by Gasteiger charge is 2.21. The Kier molecular flexibility index (Phi) is 5.68. The van der Waals surface area contributed by atoms with Crippen LogP contribution in [0.5, 0.6) is 0 Å². The average molecular weight is 392 g/mol. The molecule has 7 nitrogen and oxygen atoms in total. The average Bonchev–Trinajstić information content (AvgIpc) is 2.97. The predicted octanol–water partition coefficient (Wildman–Crippen LogP) is 3.75. The molecule has 0 aliphatic rings. The fraction of sp³-hybridized carbons (Fsp3) is 0.227. The van der Waals surface area contributed by atoms with Gasteiger partial charge in [-0.25, -0.2) is 14.9 Å². The normalized spacial score (nSPS) is 11.9. The minimum Gasteiger partial charge on any atom is -0.443 e. The van der Waals surface area contributed by atoms with E-state index in [4.69, 9.17) is 4.74 Å². The molecule has 0 atom stereocenters. The monoisotopic (exact) mass is 392 g/mol. The zero-order chi connectivity index (χ0) is 21.0. The minimum absolute atomic E-state index is 0.262. The molecule has 1 heterocycles. The number of aromatic nitrogens is 2. The van der Waals surface area contributed by atoms with Gasteiger partial charge in [-0.05, 0) is 39.8 Å². The molecule has 1 amide bonds. The SMILES string of the molecule is Cc1[nH]n(-c2ccccc2)c(=O)c1/C(=N/NC(=O)OC(C)(C)C)c1ccccc1. The highest BCUT2D eigenvalue weighted by atomic mass is 16.6. The van der Waals surface area contributed by atoms with Crippen LogP contribution in [0.25, 0.3) is 5.69 Å². The van der Waals surface area contributed by atoms with Gasteiger partial charge in [0.15, 0.2) is 0 Å². The van der Waals surface area contributed by atoms with E-state index in [-0.39, 0.29) is 5.56 Å². The summed E-state index contributed by atoms with van der Waals surface area (Å²) in [7, 11) is 0. The Morgan fingerprint density at radius 3 is 2.21 bits per heavy atom. The minimum atomic E-state index is -0.692. The quantitative estimate of drug-likeness (QED) is 0.523. The molecule has 7 heteroatoms. The molecule has 29 heavy (non-hydrogen) atoms. The van der Waals surface area contributed by atoms with Gasteiger partial charge in [-0.1, -0.05) is 48.5 Å². The van der Waals surface area contributed by atoms with Crippen molar-refractivity contribution in [2.24, 2.45) is 5.10 Å². The van der Waals surface area contributed by atoms with Crippen LogP contribution in [0.1, 0.15) is 37.6 Å². The number of benzene rings is 2. The molecular formula is C22H24N4O3. The summed E-state index contributed by atoms with van der Waals surface area (Å²) in [6, 6.07) is 18.5. The number of nitrogens with zero attached hydrogens (tertiary/aromatic N) is 2. The largest absolute Gasteiger partial charge is 0.443 e. The van der Waals surface area contributed by atoms with Crippen LogP contribution in [0.2, 0.25) is 0 Å². The Bertz CT molecular complexity index is 1070. The van der Waals surface area contributed by atoms with Crippen LogP contribution in [0.3, 0.4) is 0 Å². The molecule has 0 fully saturated rings. The summed E-state index contributed by atoms with van der Waals surface area (Å²) < 4.78 is 6.70. The molecule has 2 aromatic carbocycles. The van der Waals surface area contributed by atoms with Crippen LogP contribution >= 0.6 is 0 Å². The number of ether oxygens (including phenoxy) is 1. The first-order valence-corrected chi connectivity index (χ1v) is 9.26. The van der Waals surface area contributed by atoms with Gasteiger partial charge in [-0.3, -0.25) is 9.89 Å². The highest BCUT2D eigenvalue weighted by Crippen LogP contribution is 2.13. The second-order valence-electron chi connectivity index (χ2n) is 7.53. The van der Waals surface area contributed by atoms with Crippen LogP contribution < -0.4 is 11.0 Å². The smallest absolute Gasteiger partial charge is 0.428 e. The van der Waals surface area contributed by atoms with E-state index in [0.717, 1.165) is 0 Å². The summed E-state index contributed by atoms with van der Waals surface area (Å²) in [5.41, 5.74) is 4.25. The molecule has 0 aliphatic carbocycles. The van der Waals surface area contributed by atoms with Crippen molar-refractivity contribution in [1.29, 1.82) is 0 Å². The summed E-state index contributed by atoms with van der Waals surface area (Å²) in [6.07, 6.45) is -0.692. The topological polar surface area (TPSA) is 88.5 Å². The second-order valence-corrected chi connectivity index (χ2v) is 7.53. The van der Waals surface area contributed by atoms with Crippen molar-refractivity contribution in [2.75, 3.05) is 0 Å². The number of hydrazone groups is 1. The Hall–Kier alpha value is -3.61. The van der Waals surface area contributed by atoms with E-state index in [2.05, 4.69) is 15.6 Å². The van der Waals surface area contributed by atoms with Crippen molar-refractivity contribution < 1.29 is 9.53 Å². The van der Waals surface area contributed by atoms with E-state index < -0.39 is 11.7 Å². The van der Waals surface area contributed by atoms with Gasteiger partial charge in [0, 0.05) is 11.3 Å². The number of para-hydroxylation sites is 1. The lowest BCUT2D eigenvalue weighted by Crippen LogP contribution is -2.31. The molecule has 150 valence electrons. The Balaban J connectivity index is 2.06. The molecule has 0 saturated carbocycles. The number of hydrogen-bond acceptors (Lipinski definition) is 4. The Morgan fingerprint density at radius 2 is 1.62 bits per heavy atom. The third-order valence-corrected chi connectivity index (χ3v) is 4.03. The van der Waals surface area contributed by atoms with Gasteiger partial charge < -0.3 is 4.74 Å². The van der Waals surface area contributed by atoms with Gasteiger partial charge in [0.1, 0.15) is 11.3 Å². The fourth-order valence-electron chi connectivity index (χ4n) is 2.85. The van der Waals surface area contributed by atoms with E-state index in [1.54, 1.807) is 27.7 Å². The molecule has 1 aromatic heterocycles. The second kappa shape index (κ2) is 8.18. The molecule has 0 aliphatic heterocycles. The number of rotatable bonds is 4. The number of aromatic amines is 1. The van der Waals surface area contributed by atoms with Gasteiger partial charge in [-0.15, -0.1) is 0 Å². The van der Waals surface area contributed by atoms with Gasteiger partial charge in [0.05, 0.1) is 11.3 Å². The van der Waals surface area contributed by atoms with Gasteiger partial charge >= 0.3 is 6.09 Å².